The van der Waals surface area contributed by atoms with Gasteiger partial charge in [-0.15, -0.1) is 0 Å². The highest BCUT2D eigenvalue weighted by Gasteiger charge is 2.38. The highest BCUT2D eigenvalue weighted by atomic mass is 19.1. The predicted octanol–water partition coefficient (Wildman–Crippen LogP) is 5.59. The smallest absolute Gasteiger partial charge is 0.258 e. The highest BCUT2D eigenvalue weighted by Crippen LogP contribution is 2.27. The summed E-state index contributed by atoms with van der Waals surface area (Å²) in [4.78, 5) is 71.9. The lowest BCUT2D eigenvalue weighted by molar-refractivity contribution is -0.140. The standard InChI is InChI=1S/C42H54FN5O6/c1-4-5-6-7-8-9-10-15-38(49)45-33-24-34-28-54-37-20-18-32(43)23-35(37)42(53)47(3)36(19-21-39(50)46(2)27-40(51)48(34)26-33)41(52)44-25-29-16-17-30-13-11-12-14-31(30)22-29/h11-14,16-18,20,22-23,33-34,36H,4-10,15,19,21,24-28H2,1-3H3,(H,44,52)(H,45,49)/t33-,34-,36-/m0/s1. The molecule has 0 radical (unpaired) electrons. The van der Waals surface area contributed by atoms with Crippen LogP contribution < -0.4 is 15.4 Å². The molecule has 0 bridgehead atoms. The van der Waals surface area contributed by atoms with E-state index in [1.54, 1.807) is 4.90 Å². The Balaban J connectivity index is 1.30. The Hall–Kier alpha value is -5.00. The molecule has 2 heterocycles. The first-order valence-corrected chi connectivity index (χ1v) is 19.3. The van der Waals surface area contributed by atoms with E-state index in [2.05, 4.69) is 17.6 Å². The third kappa shape index (κ3) is 10.8. The molecule has 11 nitrogen and oxygen atoms in total. The summed E-state index contributed by atoms with van der Waals surface area (Å²) in [6.45, 7) is 2.39. The number of nitrogens with one attached hydrogen (secondary N) is 2. The van der Waals surface area contributed by atoms with E-state index < -0.39 is 29.7 Å². The van der Waals surface area contributed by atoms with Crippen LogP contribution >= 0.6 is 0 Å². The van der Waals surface area contributed by atoms with E-state index in [9.17, 15) is 28.4 Å². The van der Waals surface area contributed by atoms with Gasteiger partial charge in [-0.2, -0.15) is 0 Å². The van der Waals surface area contributed by atoms with Gasteiger partial charge in [-0.1, -0.05) is 81.8 Å². The van der Waals surface area contributed by atoms with Crippen LogP contribution in [0.2, 0.25) is 0 Å². The normalized spacial score (nSPS) is 19.8. The van der Waals surface area contributed by atoms with E-state index >= 15 is 0 Å². The summed E-state index contributed by atoms with van der Waals surface area (Å²) >= 11 is 0. The number of fused-ring (bicyclic) bond motifs is 3. The van der Waals surface area contributed by atoms with Crippen molar-refractivity contribution in [1.82, 2.24) is 25.3 Å². The minimum absolute atomic E-state index is 0.0289. The van der Waals surface area contributed by atoms with Crippen LogP contribution in [-0.2, 0) is 25.7 Å². The number of hydrogen-bond donors (Lipinski definition) is 2. The summed E-state index contributed by atoms with van der Waals surface area (Å²) in [6.07, 6.45) is 8.38. The third-order valence-corrected chi connectivity index (χ3v) is 10.5. The Kier molecular flexibility index (Phi) is 14.4. The van der Waals surface area contributed by atoms with Crippen LogP contribution in [0.1, 0.15) is 93.5 Å². The summed E-state index contributed by atoms with van der Waals surface area (Å²) in [5.74, 6) is -2.43. The second-order valence-electron chi connectivity index (χ2n) is 14.6. The van der Waals surface area contributed by atoms with Gasteiger partial charge in [-0.25, -0.2) is 4.39 Å². The van der Waals surface area contributed by atoms with Gasteiger partial charge >= 0.3 is 0 Å². The predicted molar refractivity (Wildman–Crippen MR) is 205 cm³/mol. The maximum atomic E-state index is 14.7. The van der Waals surface area contributed by atoms with E-state index in [4.69, 9.17) is 4.74 Å². The summed E-state index contributed by atoms with van der Waals surface area (Å²) in [5, 5.41) is 8.07. The van der Waals surface area contributed by atoms with Gasteiger partial charge in [0.25, 0.3) is 5.91 Å². The van der Waals surface area contributed by atoms with Gasteiger partial charge in [0.1, 0.15) is 24.2 Å². The van der Waals surface area contributed by atoms with Gasteiger partial charge in [0.2, 0.25) is 23.6 Å². The van der Waals surface area contributed by atoms with Crippen LogP contribution in [0.5, 0.6) is 5.75 Å². The van der Waals surface area contributed by atoms with E-state index in [1.165, 1.54) is 61.7 Å². The summed E-state index contributed by atoms with van der Waals surface area (Å²) in [6, 6.07) is 15.5. The number of likely N-dealkylation sites (N-methyl/N-ethyl adjacent to an activating group) is 2. The van der Waals surface area contributed by atoms with Crippen molar-refractivity contribution in [1.29, 1.82) is 0 Å². The van der Waals surface area contributed by atoms with Crippen molar-refractivity contribution in [3.8, 4) is 5.75 Å². The van der Waals surface area contributed by atoms with Crippen molar-refractivity contribution in [3.63, 3.8) is 0 Å². The van der Waals surface area contributed by atoms with Crippen molar-refractivity contribution < 1.29 is 33.1 Å². The van der Waals surface area contributed by atoms with E-state index in [-0.39, 0.29) is 74.2 Å². The molecule has 0 aliphatic carbocycles. The van der Waals surface area contributed by atoms with Crippen LogP contribution in [0.4, 0.5) is 4.39 Å². The molecular formula is C42H54FN5O6. The number of ether oxygens (including phenoxy) is 1. The van der Waals surface area contributed by atoms with Crippen LogP contribution in [0.3, 0.4) is 0 Å². The van der Waals surface area contributed by atoms with Gasteiger partial charge in [-0.3, -0.25) is 24.0 Å². The molecule has 0 unspecified atom stereocenters. The van der Waals surface area contributed by atoms with Crippen molar-refractivity contribution in [3.05, 3.63) is 77.6 Å². The topological polar surface area (TPSA) is 128 Å². The van der Waals surface area contributed by atoms with Crippen LogP contribution in [0, 0.1) is 5.82 Å². The fourth-order valence-electron chi connectivity index (χ4n) is 7.33. The quantitative estimate of drug-likeness (QED) is 0.233. The van der Waals surface area contributed by atoms with Gasteiger partial charge in [-0.05, 0) is 59.9 Å². The molecule has 3 atom stereocenters. The largest absolute Gasteiger partial charge is 0.491 e. The molecule has 0 aromatic heterocycles. The molecule has 2 aliphatic heterocycles. The number of hydrogen-bond acceptors (Lipinski definition) is 6. The van der Waals surface area contributed by atoms with Gasteiger partial charge in [0.05, 0.1) is 18.2 Å². The van der Waals surface area contributed by atoms with E-state index in [1.807, 2.05) is 42.5 Å². The molecule has 2 N–H and O–H groups in total. The fraction of sp³-hybridized carbons (Fsp3) is 0.500. The monoisotopic (exact) mass is 743 g/mol. The zero-order valence-electron chi connectivity index (χ0n) is 31.8. The molecule has 0 saturated carbocycles. The first-order valence-electron chi connectivity index (χ1n) is 19.3. The molecule has 2 aliphatic rings. The number of halogens is 1. The third-order valence-electron chi connectivity index (χ3n) is 10.5. The number of nitrogens with zero attached hydrogens (tertiary/aromatic N) is 3. The Morgan fingerprint density at radius 3 is 2.41 bits per heavy atom. The number of rotatable bonds is 12. The van der Waals surface area contributed by atoms with Crippen molar-refractivity contribution in [2.24, 2.45) is 0 Å². The first-order chi connectivity index (χ1) is 26.0. The molecule has 3 aromatic rings. The van der Waals surface area contributed by atoms with E-state index in [0.717, 1.165) is 41.7 Å². The summed E-state index contributed by atoms with van der Waals surface area (Å²) in [7, 11) is 2.98. The SMILES string of the molecule is CCCCCCCCCC(=O)N[C@H]1C[C@H]2COc3ccc(F)cc3C(=O)N(C)[C@H](C(=O)NCc3ccc4ccccc4c3)CCC(=O)N(C)CC(=O)N2C1. The number of unbranched alkanes of at least 4 members (excludes halogenated alkanes) is 6. The Morgan fingerprint density at radius 1 is 0.889 bits per heavy atom. The first kappa shape index (κ1) is 40.2. The minimum atomic E-state index is -1.08. The molecule has 3 aromatic carbocycles. The summed E-state index contributed by atoms with van der Waals surface area (Å²) in [5.41, 5.74) is 0.775. The molecule has 5 amide bonds. The minimum Gasteiger partial charge on any atom is -0.491 e. The Morgan fingerprint density at radius 2 is 1.63 bits per heavy atom. The second kappa shape index (κ2) is 19.4. The molecule has 290 valence electrons. The van der Waals surface area contributed by atoms with Crippen LogP contribution in [0.25, 0.3) is 10.8 Å². The highest BCUT2D eigenvalue weighted by molar-refractivity contribution is 5.99. The van der Waals surface area contributed by atoms with Crippen LogP contribution in [0.15, 0.2) is 60.7 Å². The Bertz CT molecular complexity index is 1800. The molecule has 5 rings (SSSR count). The van der Waals surface area contributed by atoms with Crippen molar-refractivity contribution >= 4 is 40.3 Å². The maximum Gasteiger partial charge on any atom is 0.258 e. The second-order valence-corrected chi connectivity index (χ2v) is 14.6. The van der Waals surface area contributed by atoms with Gasteiger partial charge in [0, 0.05) is 46.1 Å². The number of carbonyl (C=O) groups excluding carboxylic acids is 5. The number of amides is 5. The summed E-state index contributed by atoms with van der Waals surface area (Å²) < 4.78 is 20.8. The average Bonchev–Trinajstić information content (AvgIpc) is 3.57. The maximum absolute atomic E-state index is 14.7. The van der Waals surface area contributed by atoms with Crippen molar-refractivity contribution in [2.45, 2.75) is 102 Å². The number of benzene rings is 3. The van der Waals surface area contributed by atoms with Crippen LogP contribution in [-0.4, -0.2) is 96.2 Å². The fourth-order valence-corrected chi connectivity index (χ4v) is 7.33. The molecule has 12 heteroatoms. The Labute approximate surface area is 317 Å². The lowest BCUT2D eigenvalue weighted by atomic mass is 10.0. The molecule has 1 saturated heterocycles. The molecule has 0 spiro atoms. The zero-order chi connectivity index (χ0) is 38.6. The average molecular weight is 744 g/mol. The number of carbonyl (C=O) groups is 5. The molecule has 1 fully saturated rings. The van der Waals surface area contributed by atoms with E-state index in [0.29, 0.717) is 12.8 Å². The lowest BCUT2D eigenvalue weighted by Gasteiger charge is -2.28. The molecule has 54 heavy (non-hydrogen) atoms. The van der Waals surface area contributed by atoms with Crippen molar-refractivity contribution in [2.75, 3.05) is 33.8 Å². The lowest BCUT2D eigenvalue weighted by Crippen LogP contribution is -2.48. The van der Waals surface area contributed by atoms with Gasteiger partial charge in [0.15, 0.2) is 0 Å². The zero-order valence-corrected chi connectivity index (χ0v) is 31.8. The molecular weight excluding hydrogens is 689 g/mol. The van der Waals surface area contributed by atoms with Gasteiger partial charge < -0.3 is 30.1 Å².